The maximum absolute atomic E-state index is 6.15. The number of fused-ring (bicyclic) bond motifs is 1. The second-order valence-electron chi connectivity index (χ2n) is 4.57. The summed E-state index contributed by atoms with van der Waals surface area (Å²) in [5, 5.41) is 1.37. The van der Waals surface area contributed by atoms with Gasteiger partial charge >= 0.3 is 0 Å². The number of nitrogens with zero attached hydrogens (tertiary/aromatic N) is 1. The highest BCUT2D eigenvalue weighted by Gasteiger charge is 2.12. The lowest BCUT2D eigenvalue weighted by Crippen LogP contribution is -1.93. The van der Waals surface area contributed by atoms with Gasteiger partial charge in [0.15, 0.2) is 11.5 Å². The third-order valence-corrected chi connectivity index (χ3v) is 3.58. The zero-order valence-corrected chi connectivity index (χ0v) is 12.9. The molecular weight excluding hydrogens is 302 g/mol. The summed E-state index contributed by atoms with van der Waals surface area (Å²) in [7, 11) is 3.18. The minimum Gasteiger partial charge on any atom is -0.493 e. The van der Waals surface area contributed by atoms with E-state index in [0.29, 0.717) is 28.0 Å². The van der Waals surface area contributed by atoms with E-state index in [9.17, 15) is 0 Å². The normalized spacial score (nSPS) is 10.5. The Bertz CT molecular complexity index is 820. The second-order valence-corrected chi connectivity index (χ2v) is 4.97. The fraction of sp³-hybridized carbons (Fsp3) is 0.118. The van der Waals surface area contributed by atoms with Crippen LogP contribution in [0.1, 0.15) is 0 Å². The van der Waals surface area contributed by atoms with Crippen LogP contribution in [0, 0.1) is 0 Å². The highest BCUT2D eigenvalue weighted by Crippen LogP contribution is 2.38. The van der Waals surface area contributed by atoms with E-state index in [1.54, 1.807) is 32.5 Å². The number of aromatic nitrogens is 1. The molecule has 0 saturated carbocycles. The number of methoxy groups -OCH3 is 2. The van der Waals surface area contributed by atoms with Gasteiger partial charge in [-0.15, -0.1) is 0 Å². The van der Waals surface area contributed by atoms with Crippen LogP contribution in [0.2, 0.25) is 5.02 Å². The van der Waals surface area contributed by atoms with E-state index in [0.717, 1.165) is 10.9 Å². The van der Waals surface area contributed by atoms with Crippen molar-refractivity contribution in [2.75, 3.05) is 14.2 Å². The molecule has 0 N–H and O–H groups in total. The molecule has 0 aliphatic heterocycles. The molecule has 3 rings (SSSR count). The Balaban J connectivity index is 2.12. The SMILES string of the molecule is COc1cc2nccc(Oc3ccccc3Cl)c2cc1OC. The summed E-state index contributed by atoms with van der Waals surface area (Å²) in [6.07, 6.45) is 1.68. The van der Waals surface area contributed by atoms with Crippen LogP contribution in [-0.4, -0.2) is 19.2 Å². The van der Waals surface area contributed by atoms with Gasteiger partial charge in [-0.25, -0.2) is 0 Å². The van der Waals surface area contributed by atoms with E-state index in [1.165, 1.54) is 0 Å². The number of rotatable bonds is 4. The highest BCUT2D eigenvalue weighted by atomic mass is 35.5. The topological polar surface area (TPSA) is 40.6 Å². The molecule has 112 valence electrons. The highest BCUT2D eigenvalue weighted by molar-refractivity contribution is 6.32. The predicted molar refractivity (Wildman–Crippen MR) is 86.4 cm³/mol. The van der Waals surface area contributed by atoms with Crippen LogP contribution < -0.4 is 14.2 Å². The molecule has 0 radical (unpaired) electrons. The third kappa shape index (κ3) is 2.65. The van der Waals surface area contributed by atoms with Gasteiger partial charge in [0.1, 0.15) is 11.5 Å². The first-order chi connectivity index (χ1) is 10.7. The van der Waals surface area contributed by atoms with E-state index in [2.05, 4.69) is 4.98 Å². The van der Waals surface area contributed by atoms with Crippen LogP contribution in [0.4, 0.5) is 0 Å². The lowest BCUT2D eigenvalue weighted by Gasteiger charge is -2.12. The van der Waals surface area contributed by atoms with E-state index in [1.807, 2.05) is 30.3 Å². The Morgan fingerprint density at radius 3 is 2.32 bits per heavy atom. The van der Waals surface area contributed by atoms with Crippen molar-refractivity contribution in [3.05, 3.63) is 53.7 Å². The smallest absolute Gasteiger partial charge is 0.162 e. The maximum atomic E-state index is 6.15. The van der Waals surface area contributed by atoms with Crippen LogP contribution in [0.15, 0.2) is 48.7 Å². The van der Waals surface area contributed by atoms with Crippen molar-refractivity contribution < 1.29 is 14.2 Å². The summed E-state index contributed by atoms with van der Waals surface area (Å²) >= 11 is 6.15. The molecule has 0 bridgehead atoms. The van der Waals surface area contributed by atoms with Gasteiger partial charge in [-0.1, -0.05) is 23.7 Å². The molecule has 0 spiro atoms. The first-order valence-corrected chi connectivity index (χ1v) is 7.04. The molecule has 1 heterocycles. The zero-order valence-electron chi connectivity index (χ0n) is 12.2. The van der Waals surface area contributed by atoms with Gasteiger partial charge in [0.2, 0.25) is 0 Å². The fourth-order valence-corrected chi connectivity index (χ4v) is 2.36. The van der Waals surface area contributed by atoms with Crippen molar-refractivity contribution in [2.45, 2.75) is 0 Å². The molecule has 0 aliphatic carbocycles. The van der Waals surface area contributed by atoms with E-state index < -0.39 is 0 Å². The molecule has 0 aliphatic rings. The average molecular weight is 316 g/mol. The average Bonchev–Trinajstić information content (AvgIpc) is 2.56. The summed E-state index contributed by atoms with van der Waals surface area (Å²) in [5.41, 5.74) is 0.752. The van der Waals surface area contributed by atoms with Gasteiger partial charge in [-0.05, 0) is 24.3 Å². The minimum atomic E-state index is 0.549. The minimum absolute atomic E-state index is 0.549. The zero-order chi connectivity index (χ0) is 15.5. The van der Waals surface area contributed by atoms with Crippen molar-refractivity contribution in [1.29, 1.82) is 0 Å². The quantitative estimate of drug-likeness (QED) is 0.700. The number of pyridine rings is 1. The van der Waals surface area contributed by atoms with Crippen LogP contribution in [-0.2, 0) is 0 Å². The number of para-hydroxylation sites is 1. The van der Waals surface area contributed by atoms with Crippen molar-refractivity contribution in [3.63, 3.8) is 0 Å². The molecular formula is C17H14ClNO3. The van der Waals surface area contributed by atoms with Crippen LogP contribution in [0.5, 0.6) is 23.0 Å². The van der Waals surface area contributed by atoms with Gasteiger partial charge in [-0.3, -0.25) is 4.98 Å². The molecule has 4 nitrogen and oxygen atoms in total. The standard InChI is InChI=1S/C17H14ClNO3/c1-20-16-9-11-13(10-17(16)21-2)19-8-7-14(11)22-15-6-4-3-5-12(15)18/h3-10H,1-2H3. The molecule has 0 saturated heterocycles. The van der Waals surface area contributed by atoms with Crippen LogP contribution >= 0.6 is 11.6 Å². The van der Waals surface area contributed by atoms with Crippen LogP contribution in [0.25, 0.3) is 10.9 Å². The number of benzene rings is 2. The van der Waals surface area contributed by atoms with E-state index >= 15 is 0 Å². The molecule has 0 unspecified atom stereocenters. The number of hydrogen-bond acceptors (Lipinski definition) is 4. The van der Waals surface area contributed by atoms with Crippen molar-refractivity contribution in [3.8, 4) is 23.0 Å². The van der Waals surface area contributed by atoms with E-state index in [-0.39, 0.29) is 0 Å². The first-order valence-electron chi connectivity index (χ1n) is 6.66. The molecule has 0 atom stereocenters. The van der Waals surface area contributed by atoms with Gasteiger partial charge < -0.3 is 14.2 Å². The molecule has 0 fully saturated rings. The summed E-state index contributed by atoms with van der Waals surface area (Å²) in [5.74, 6) is 2.48. The lowest BCUT2D eigenvalue weighted by molar-refractivity contribution is 0.355. The van der Waals surface area contributed by atoms with Crippen molar-refractivity contribution in [1.82, 2.24) is 4.98 Å². The Morgan fingerprint density at radius 1 is 0.864 bits per heavy atom. The molecule has 0 amide bonds. The Morgan fingerprint density at radius 2 is 1.59 bits per heavy atom. The molecule has 3 aromatic rings. The molecule has 2 aromatic carbocycles. The number of hydrogen-bond donors (Lipinski definition) is 0. The number of halogens is 1. The Hall–Kier alpha value is -2.46. The first kappa shape index (κ1) is 14.5. The fourth-order valence-electron chi connectivity index (χ4n) is 2.18. The predicted octanol–water partition coefficient (Wildman–Crippen LogP) is 4.70. The monoisotopic (exact) mass is 315 g/mol. The van der Waals surface area contributed by atoms with Gasteiger partial charge in [0.05, 0.1) is 24.8 Å². The summed E-state index contributed by atoms with van der Waals surface area (Å²) < 4.78 is 16.6. The van der Waals surface area contributed by atoms with Crippen LogP contribution in [0.3, 0.4) is 0 Å². The second kappa shape index (κ2) is 6.12. The Labute approximate surface area is 133 Å². The van der Waals surface area contributed by atoms with Gasteiger partial charge in [0.25, 0.3) is 0 Å². The van der Waals surface area contributed by atoms with E-state index in [4.69, 9.17) is 25.8 Å². The van der Waals surface area contributed by atoms with Crippen molar-refractivity contribution >= 4 is 22.5 Å². The Kier molecular flexibility index (Phi) is 4.02. The summed E-state index contributed by atoms with van der Waals surface area (Å²) in [6.45, 7) is 0. The summed E-state index contributed by atoms with van der Waals surface area (Å²) in [6, 6.07) is 12.8. The lowest BCUT2D eigenvalue weighted by atomic mass is 10.2. The van der Waals surface area contributed by atoms with Gasteiger partial charge in [-0.2, -0.15) is 0 Å². The third-order valence-electron chi connectivity index (χ3n) is 3.26. The van der Waals surface area contributed by atoms with Gasteiger partial charge in [0, 0.05) is 17.6 Å². The summed E-state index contributed by atoms with van der Waals surface area (Å²) in [4.78, 5) is 4.34. The maximum Gasteiger partial charge on any atom is 0.162 e. The van der Waals surface area contributed by atoms with Crippen molar-refractivity contribution in [2.24, 2.45) is 0 Å². The molecule has 1 aromatic heterocycles. The molecule has 5 heteroatoms. The number of ether oxygens (including phenoxy) is 3. The largest absolute Gasteiger partial charge is 0.493 e. The molecule has 22 heavy (non-hydrogen) atoms.